The number of hydrogen-bond donors (Lipinski definition) is 2. The van der Waals surface area contributed by atoms with Crippen LogP contribution in [0.15, 0.2) is 47.6 Å². The first-order valence-corrected chi connectivity index (χ1v) is 7.87. The average Bonchev–Trinajstić information content (AvgIpc) is 2.60. The predicted octanol–water partition coefficient (Wildman–Crippen LogP) is 3.61. The smallest absolute Gasteiger partial charge is 0.341 e. The number of ether oxygens (including phenoxy) is 1. The summed E-state index contributed by atoms with van der Waals surface area (Å²) in [4.78, 5) is 22.6. The van der Waals surface area contributed by atoms with Gasteiger partial charge in [-0.25, -0.2) is 10.2 Å². The Balaban J connectivity index is 2.04. The molecule has 0 aliphatic carbocycles. The van der Waals surface area contributed by atoms with Crippen LogP contribution < -0.4 is 10.2 Å². The third-order valence-corrected chi connectivity index (χ3v) is 3.70. The first-order valence-electron chi connectivity index (χ1n) is 7.11. The maximum atomic E-state index is 12.1. The van der Waals surface area contributed by atoms with Gasteiger partial charge in [0.2, 0.25) is 0 Å². The fourth-order valence-electron chi connectivity index (χ4n) is 1.87. The Labute approximate surface area is 154 Å². The van der Waals surface area contributed by atoms with E-state index in [-0.39, 0.29) is 10.6 Å². The van der Waals surface area contributed by atoms with Crippen LogP contribution in [-0.4, -0.2) is 29.3 Å². The summed E-state index contributed by atoms with van der Waals surface area (Å²) in [6.45, 7) is 1.30. The second kappa shape index (κ2) is 8.50. The Morgan fingerprint density at radius 1 is 1.16 bits per heavy atom. The number of halogens is 2. The number of rotatable bonds is 6. The van der Waals surface area contributed by atoms with Gasteiger partial charge in [0.1, 0.15) is 5.75 Å². The summed E-state index contributed by atoms with van der Waals surface area (Å²) in [6, 6.07) is 11.2. The second-order valence-electron chi connectivity index (χ2n) is 4.97. The highest BCUT2D eigenvalue weighted by molar-refractivity contribution is 6.35. The number of amides is 1. The highest BCUT2D eigenvalue weighted by Gasteiger charge is 2.10. The van der Waals surface area contributed by atoms with E-state index >= 15 is 0 Å². The van der Waals surface area contributed by atoms with Crippen molar-refractivity contribution in [1.29, 1.82) is 0 Å². The number of benzene rings is 2. The molecule has 0 heterocycles. The molecule has 0 atom stereocenters. The second-order valence-corrected chi connectivity index (χ2v) is 5.81. The van der Waals surface area contributed by atoms with Gasteiger partial charge in [-0.15, -0.1) is 0 Å². The fourth-order valence-corrected chi connectivity index (χ4v) is 2.24. The van der Waals surface area contributed by atoms with E-state index in [9.17, 15) is 9.59 Å². The van der Waals surface area contributed by atoms with Gasteiger partial charge >= 0.3 is 5.97 Å². The lowest BCUT2D eigenvalue weighted by atomic mass is 10.1. The van der Waals surface area contributed by atoms with Crippen LogP contribution in [0.3, 0.4) is 0 Å². The molecule has 2 aromatic carbocycles. The van der Waals surface area contributed by atoms with Crippen LogP contribution in [0, 0.1) is 0 Å². The summed E-state index contributed by atoms with van der Waals surface area (Å²) in [7, 11) is 0. The van der Waals surface area contributed by atoms with Crippen molar-refractivity contribution in [3.05, 3.63) is 63.6 Å². The van der Waals surface area contributed by atoms with Gasteiger partial charge in [-0.2, -0.15) is 5.10 Å². The molecular weight excluding hydrogens is 367 g/mol. The molecule has 2 N–H and O–H groups in total. The van der Waals surface area contributed by atoms with Crippen LogP contribution in [0.5, 0.6) is 5.75 Å². The molecule has 0 saturated heterocycles. The van der Waals surface area contributed by atoms with Crippen molar-refractivity contribution in [2.24, 2.45) is 5.10 Å². The zero-order valence-electron chi connectivity index (χ0n) is 13.1. The Bertz CT molecular complexity index is 820. The van der Waals surface area contributed by atoms with Crippen LogP contribution in [0.4, 0.5) is 0 Å². The number of carbonyl (C=O) groups is 2. The van der Waals surface area contributed by atoms with Gasteiger partial charge in [0.05, 0.1) is 16.3 Å². The number of nitrogens with one attached hydrogen (secondary N) is 1. The van der Waals surface area contributed by atoms with E-state index in [1.807, 2.05) is 0 Å². The number of carboxylic acids is 1. The molecule has 1 amide bonds. The minimum atomic E-state index is -1.05. The fraction of sp³-hybridized carbons (Fsp3) is 0.118. The van der Waals surface area contributed by atoms with E-state index in [4.69, 9.17) is 33.0 Å². The maximum absolute atomic E-state index is 12.1. The van der Waals surface area contributed by atoms with Crippen molar-refractivity contribution in [2.45, 2.75) is 6.92 Å². The summed E-state index contributed by atoms with van der Waals surface area (Å²) >= 11 is 11.8. The Morgan fingerprint density at radius 2 is 1.84 bits per heavy atom. The molecule has 25 heavy (non-hydrogen) atoms. The molecule has 0 unspecified atom stereocenters. The standard InChI is InChI=1S/C17H14Cl2N2O4/c1-10(11-2-5-13(6-3-11)25-9-16(22)23)20-21-17(24)14-8-12(18)4-7-15(14)19/h2-8H,9H2,1H3,(H,21,24)(H,22,23)/b20-10-. The number of nitrogens with zero attached hydrogens (tertiary/aromatic N) is 1. The van der Waals surface area contributed by atoms with Crippen molar-refractivity contribution >= 4 is 40.8 Å². The summed E-state index contributed by atoms with van der Waals surface area (Å²) in [6.07, 6.45) is 0. The van der Waals surface area contributed by atoms with Gasteiger partial charge in [-0.1, -0.05) is 23.2 Å². The molecule has 0 fully saturated rings. The normalized spacial score (nSPS) is 11.1. The van der Waals surface area contributed by atoms with Gasteiger partial charge in [0.15, 0.2) is 6.61 Å². The van der Waals surface area contributed by atoms with E-state index in [1.165, 1.54) is 12.1 Å². The molecule has 0 aromatic heterocycles. The molecule has 2 rings (SSSR count). The van der Waals surface area contributed by atoms with Crippen molar-refractivity contribution in [3.8, 4) is 5.75 Å². The van der Waals surface area contributed by atoms with Gasteiger partial charge in [0, 0.05) is 5.02 Å². The summed E-state index contributed by atoms with van der Waals surface area (Å²) in [5.41, 5.74) is 3.93. The molecule has 8 heteroatoms. The quantitative estimate of drug-likeness (QED) is 0.591. The molecule has 0 radical (unpaired) electrons. The molecule has 130 valence electrons. The van der Waals surface area contributed by atoms with E-state index < -0.39 is 18.5 Å². The molecule has 6 nitrogen and oxygen atoms in total. The molecular formula is C17H14Cl2N2O4. The van der Waals surface area contributed by atoms with Gasteiger partial charge in [-0.3, -0.25) is 4.79 Å². The zero-order valence-corrected chi connectivity index (χ0v) is 14.6. The van der Waals surface area contributed by atoms with Gasteiger partial charge in [0.25, 0.3) is 5.91 Å². The highest BCUT2D eigenvalue weighted by Crippen LogP contribution is 2.20. The summed E-state index contributed by atoms with van der Waals surface area (Å²) in [5, 5.41) is 13.3. The van der Waals surface area contributed by atoms with Crippen LogP contribution in [0.1, 0.15) is 22.8 Å². The van der Waals surface area contributed by atoms with Gasteiger partial charge in [-0.05, 0) is 55.0 Å². The SMILES string of the molecule is C/C(=N/NC(=O)c1cc(Cl)ccc1Cl)c1ccc(OCC(=O)O)cc1. The third kappa shape index (κ3) is 5.48. The minimum absolute atomic E-state index is 0.225. The third-order valence-electron chi connectivity index (χ3n) is 3.13. The molecule has 0 spiro atoms. The van der Waals surface area contributed by atoms with E-state index in [1.54, 1.807) is 37.3 Å². The lowest BCUT2D eigenvalue weighted by molar-refractivity contribution is -0.139. The predicted molar refractivity (Wildman–Crippen MR) is 95.7 cm³/mol. The number of aliphatic carboxylic acids is 1. The summed E-state index contributed by atoms with van der Waals surface area (Å²) in [5.74, 6) is -1.11. The lowest BCUT2D eigenvalue weighted by Gasteiger charge is -2.06. The molecule has 2 aromatic rings. The lowest BCUT2D eigenvalue weighted by Crippen LogP contribution is -2.19. The molecule has 0 saturated carbocycles. The number of hydrogen-bond acceptors (Lipinski definition) is 4. The number of hydrazone groups is 1. The minimum Gasteiger partial charge on any atom is -0.482 e. The Morgan fingerprint density at radius 3 is 2.48 bits per heavy atom. The van der Waals surface area contributed by atoms with E-state index in [2.05, 4.69) is 10.5 Å². The van der Waals surface area contributed by atoms with Crippen LogP contribution in [0.25, 0.3) is 0 Å². The highest BCUT2D eigenvalue weighted by atomic mass is 35.5. The monoisotopic (exact) mass is 380 g/mol. The van der Waals surface area contributed by atoms with Crippen molar-refractivity contribution < 1.29 is 19.4 Å². The largest absolute Gasteiger partial charge is 0.482 e. The maximum Gasteiger partial charge on any atom is 0.341 e. The van der Waals surface area contributed by atoms with E-state index in [0.717, 1.165) is 5.56 Å². The van der Waals surface area contributed by atoms with Crippen LogP contribution in [0.2, 0.25) is 10.0 Å². The van der Waals surface area contributed by atoms with Crippen LogP contribution in [-0.2, 0) is 4.79 Å². The first-order chi connectivity index (χ1) is 11.9. The molecule has 0 bridgehead atoms. The molecule has 0 aliphatic rings. The number of carbonyl (C=O) groups excluding carboxylic acids is 1. The van der Waals surface area contributed by atoms with Crippen molar-refractivity contribution in [2.75, 3.05) is 6.61 Å². The van der Waals surface area contributed by atoms with Crippen molar-refractivity contribution in [1.82, 2.24) is 5.43 Å². The van der Waals surface area contributed by atoms with Crippen molar-refractivity contribution in [3.63, 3.8) is 0 Å². The first kappa shape index (κ1) is 18.8. The Kier molecular flexibility index (Phi) is 6.38. The zero-order chi connectivity index (χ0) is 18.4. The van der Waals surface area contributed by atoms with E-state index in [0.29, 0.717) is 16.5 Å². The topological polar surface area (TPSA) is 88.0 Å². The van der Waals surface area contributed by atoms with Crippen LogP contribution >= 0.6 is 23.2 Å². The molecule has 0 aliphatic heterocycles. The van der Waals surface area contributed by atoms with Gasteiger partial charge < -0.3 is 9.84 Å². The Hall–Kier alpha value is -2.57. The summed E-state index contributed by atoms with van der Waals surface area (Å²) < 4.78 is 5.05. The average molecular weight is 381 g/mol. The number of carboxylic acid groups (broad SMARTS) is 1.